The van der Waals surface area contributed by atoms with Crippen molar-refractivity contribution in [3.8, 4) is 0 Å². The first-order chi connectivity index (χ1) is 13.8. The van der Waals surface area contributed by atoms with Crippen molar-refractivity contribution in [1.29, 1.82) is 0 Å². The number of guanidine groups is 1. The fourth-order valence-corrected chi connectivity index (χ4v) is 4.50. The first-order valence-corrected chi connectivity index (χ1v) is 12.6. The third-order valence-corrected chi connectivity index (χ3v) is 6.17. The van der Waals surface area contributed by atoms with Gasteiger partial charge >= 0.3 is 0 Å². The first kappa shape index (κ1) is 23.6. The van der Waals surface area contributed by atoms with Gasteiger partial charge in [0.1, 0.15) is 5.82 Å². The van der Waals surface area contributed by atoms with E-state index in [2.05, 4.69) is 27.4 Å². The molecule has 0 bridgehead atoms. The summed E-state index contributed by atoms with van der Waals surface area (Å²) >= 11 is 0. The van der Waals surface area contributed by atoms with Gasteiger partial charge in [0, 0.05) is 19.3 Å². The number of nitrogens with zero attached hydrogens (tertiary/aromatic N) is 2. The van der Waals surface area contributed by atoms with Crippen LogP contribution >= 0.6 is 0 Å². The maximum Gasteiger partial charge on any atom is 0.191 e. The van der Waals surface area contributed by atoms with Crippen LogP contribution in [0.25, 0.3) is 0 Å². The molecule has 8 heteroatoms. The van der Waals surface area contributed by atoms with E-state index in [1.165, 1.54) is 50.4 Å². The largest absolute Gasteiger partial charge is 0.357 e. The highest BCUT2D eigenvalue weighted by molar-refractivity contribution is 7.89. The number of aliphatic imine (C=N–C) groups is 1. The number of piperidine rings is 1. The van der Waals surface area contributed by atoms with Crippen molar-refractivity contribution in [2.75, 3.05) is 39.0 Å². The smallest absolute Gasteiger partial charge is 0.191 e. The molecule has 29 heavy (non-hydrogen) atoms. The van der Waals surface area contributed by atoms with E-state index in [-0.39, 0.29) is 18.1 Å². The number of hydrogen-bond acceptors (Lipinski definition) is 4. The highest BCUT2D eigenvalue weighted by Crippen LogP contribution is 2.19. The van der Waals surface area contributed by atoms with Crippen LogP contribution in [0, 0.1) is 11.7 Å². The van der Waals surface area contributed by atoms with Crippen molar-refractivity contribution in [3.05, 3.63) is 35.1 Å². The summed E-state index contributed by atoms with van der Waals surface area (Å²) in [5.74, 6) is 0.910. The molecule has 0 saturated carbocycles. The molecule has 0 amide bonds. The van der Waals surface area contributed by atoms with Gasteiger partial charge in [-0.05, 0) is 75.0 Å². The number of nitrogens with one attached hydrogen (secondary N) is 2. The maximum atomic E-state index is 13.7. The molecule has 0 radical (unpaired) electrons. The first-order valence-electron chi connectivity index (χ1n) is 10.5. The van der Waals surface area contributed by atoms with Gasteiger partial charge in [-0.1, -0.05) is 13.0 Å². The monoisotopic (exact) mass is 426 g/mol. The quantitative estimate of drug-likeness (QED) is 0.469. The normalized spacial score (nSPS) is 16.8. The Balaban J connectivity index is 1.94. The Morgan fingerprint density at radius 1 is 1.21 bits per heavy atom. The number of likely N-dealkylation sites (tertiary alicyclic amines) is 1. The lowest BCUT2D eigenvalue weighted by Gasteiger charge is -2.31. The molecule has 2 rings (SSSR count). The van der Waals surface area contributed by atoms with Crippen molar-refractivity contribution < 1.29 is 12.8 Å². The molecule has 0 unspecified atom stereocenters. The van der Waals surface area contributed by atoms with E-state index >= 15 is 0 Å². The molecule has 1 aliphatic heterocycles. The van der Waals surface area contributed by atoms with Crippen molar-refractivity contribution in [2.24, 2.45) is 10.9 Å². The van der Waals surface area contributed by atoms with Crippen molar-refractivity contribution in [1.82, 2.24) is 15.5 Å². The number of halogens is 1. The van der Waals surface area contributed by atoms with Crippen LogP contribution in [0.2, 0.25) is 0 Å². The molecule has 1 aromatic rings. The lowest BCUT2D eigenvalue weighted by Crippen LogP contribution is -2.39. The highest BCUT2D eigenvalue weighted by Gasteiger charge is 2.17. The summed E-state index contributed by atoms with van der Waals surface area (Å²) in [6, 6.07) is 4.19. The maximum absolute atomic E-state index is 13.7. The Hall–Kier alpha value is -1.67. The van der Waals surface area contributed by atoms with Crippen LogP contribution in [-0.4, -0.2) is 58.3 Å². The summed E-state index contributed by atoms with van der Waals surface area (Å²) in [7, 11) is -3.20. The molecule has 0 aliphatic carbocycles. The Labute approximate surface area is 174 Å². The van der Waals surface area contributed by atoms with Crippen LogP contribution in [0.1, 0.15) is 44.2 Å². The second-order valence-corrected chi connectivity index (χ2v) is 9.91. The third-order valence-electron chi connectivity index (χ3n) is 5.34. The van der Waals surface area contributed by atoms with E-state index in [0.717, 1.165) is 32.0 Å². The number of rotatable bonds is 9. The van der Waals surface area contributed by atoms with Crippen LogP contribution in [0.5, 0.6) is 0 Å². The minimum Gasteiger partial charge on any atom is -0.357 e. The summed E-state index contributed by atoms with van der Waals surface area (Å²) in [4.78, 5) is 7.04. The molecule has 0 atom stereocenters. The van der Waals surface area contributed by atoms with Gasteiger partial charge < -0.3 is 15.5 Å². The molecule has 1 fully saturated rings. The van der Waals surface area contributed by atoms with E-state index in [0.29, 0.717) is 17.1 Å². The number of benzene rings is 1. The van der Waals surface area contributed by atoms with Gasteiger partial charge in [-0.25, -0.2) is 17.8 Å². The molecule has 1 aromatic carbocycles. The molecule has 1 aliphatic rings. The molecule has 1 heterocycles. The number of hydrogen-bond donors (Lipinski definition) is 2. The van der Waals surface area contributed by atoms with Crippen molar-refractivity contribution >= 4 is 15.8 Å². The topological polar surface area (TPSA) is 73.8 Å². The minimum absolute atomic E-state index is 0.113. The summed E-state index contributed by atoms with van der Waals surface area (Å²) in [5.41, 5.74) is 1.19. The average Bonchev–Trinajstić information content (AvgIpc) is 2.67. The summed E-state index contributed by atoms with van der Waals surface area (Å²) in [6.45, 7) is 9.48. The molecule has 164 valence electrons. The Kier molecular flexibility index (Phi) is 9.36. The van der Waals surface area contributed by atoms with E-state index in [1.54, 1.807) is 0 Å². The summed E-state index contributed by atoms with van der Waals surface area (Å²) in [5, 5.41) is 6.57. The van der Waals surface area contributed by atoms with E-state index in [4.69, 9.17) is 0 Å². The molecule has 6 nitrogen and oxygen atoms in total. The zero-order valence-electron chi connectivity index (χ0n) is 17.9. The van der Waals surface area contributed by atoms with Gasteiger partial charge in [0.15, 0.2) is 15.8 Å². The van der Waals surface area contributed by atoms with Gasteiger partial charge in [-0.2, -0.15) is 0 Å². The predicted molar refractivity (Wildman–Crippen MR) is 117 cm³/mol. The van der Waals surface area contributed by atoms with Crippen LogP contribution in [-0.2, 0) is 22.1 Å². The molecule has 1 saturated heterocycles. The molecule has 2 N–H and O–H groups in total. The fraction of sp³-hybridized carbons (Fsp3) is 0.667. The highest BCUT2D eigenvalue weighted by atomic mass is 32.2. The molecular formula is C21H35FN4O2S. The molecular weight excluding hydrogens is 391 g/mol. The third kappa shape index (κ3) is 8.70. The van der Waals surface area contributed by atoms with Crippen molar-refractivity contribution in [2.45, 2.75) is 45.4 Å². The van der Waals surface area contributed by atoms with E-state index < -0.39 is 9.84 Å². The van der Waals surface area contributed by atoms with Crippen LogP contribution < -0.4 is 10.6 Å². The Morgan fingerprint density at radius 3 is 2.55 bits per heavy atom. The van der Waals surface area contributed by atoms with Crippen molar-refractivity contribution in [3.63, 3.8) is 0 Å². The fourth-order valence-electron chi connectivity index (χ4n) is 3.66. The molecule has 0 aromatic heterocycles. The van der Waals surface area contributed by atoms with Gasteiger partial charge in [0.2, 0.25) is 0 Å². The van der Waals surface area contributed by atoms with E-state index in [1.807, 2.05) is 6.92 Å². The second kappa shape index (κ2) is 11.5. The second-order valence-electron chi connectivity index (χ2n) is 7.77. The minimum atomic E-state index is -3.20. The molecule has 0 spiro atoms. The average molecular weight is 427 g/mol. The summed E-state index contributed by atoms with van der Waals surface area (Å²) in [6.07, 6.45) is 4.75. The van der Waals surface area contributed by atoms with Gasteiger partial charge in [-0.15, -0.1) is 0 Å². The van der Waals surface area contributed by atoms with E-state index in [9.17, 15) is 12.8 Å². The van der Waals surface area contributed by atoms with Crippen LogP contribution in [0.3, 0.4) is 0 Å². The van der Waals surface area contributed by atoms with Gasteiger partial charge in [-0.3, -0.25) is 0 Å². The van der Waals surface area contributed by atoms with Crippen LogP contribution in [0.4, 0.5) is 4.39 Å². The standard InChI is InChI=1S/C21H35FN4O2S/c1-4-23-21(24-11-8-17-9-12-26(5-2)13-10-17)25-15-19-14-20(22)7-6-18(19)16-29(3,27)28/h6-7,14,17H,4-5,8-13,15-16H2,1-3H3,(H2,23,24,25). The SMILES string of the molecule is CCNC(=NCc1cc(F)ccc1CS(C)(=O)=O)NCCC1CCN(CC)CC1. The number of sulfone groups is 1. The lowest BCUT2D eigenvalue weighted by molar-refractivity contribution is 0.187. The zero-order valence-corrected chi connectivity index (χ0v) is 18.7. The lowest BCUT2D eigenvalue weighted by atomic mass is 9.93. The van der Waals surface area contributed by atoms with Gasteiger partial charge in [0.25, 0.3) is 0 Å². The Bertz CT molecular complexity index is 775. The summed E-state index contributed by atoms with van der Waals surface area (Å²) < 4.78 is 37.0. The predicted octanol–water partition coefficient (Wildman–Crippen LogP) is 2.55. The zero-order chi connectivity index (χ0) is 21.3. The van der Waals surface area contributed by atoms with Crippen LogP contribution in [0.15, 0.2) is 23.2 Å². The Morgan fingerprint density at radius 2 is 1.93 bits per heavy atom. The van der Waals surface area contributed by atoms with Gasteiger partial charge in [0.05, 0.1) is 12.3 Å².